The fourth-order valence-electron chi connectivity index (χ4n) is 3.52. The number of hydrogen-bond donors (Lipinski definition) is 1. The third-order valence-corrected chi connectivity index (χ3v) is 4.85. The van der Waals surface area contributed by atoms with E-state index in [2.05, 4.69) is 21.0 Å². The van der Waals surface area contributed by atoms with Crippen molar-refractivity contribution < 1.29 is 14.3 Å². The highest BCUT2D eigenvalue weighted by Gasteiger charge is 2.44. The Morgan fingerprint density at radius 3 is 2.95 bits per heavy atom. The summed E-state index contributed by atoms with van der Waals surface area (Å²) in [7, 11) is 0. The van der Waals surface area contributed by atoms with Crippen molar-refractivity contribution in [3.8, 4) is 0 Å². The highest BCUT2D eigenvalue weighted by Crippen LogP contribution is 2.32. The minimum absolute atomic E-state index is 0.372. The van der Waals surface area contributed by atoms with E-state index < -0.39 is 6.16 Å². The number of carbonyl (C=O) groups excluding carboxylic acids is 1. The van der Waals surface area contributed by atoms with Crippen LogP contribution in [0.5, 0.6) is 0 Å². The van der Waals surface area contributed by atoms with Crippen LogP contribution < -0.4 is 5.32 Å². The molecule has 3 aliphatic rings. The molecular formula is C15H22N4O3. The molecular weight excluding hydrogens is 284 g/mol. The Morgan fingerprint density at radius 2 is 2.18 bits per heavy atom. The van der Waals surface area contributed by atoms with Crippen LogP contribution in [0, 0.1) is 0 Å². The van der Waals surface area contributed by atoms with Gasteiger partial charge >= 0.3 is 6.16 Å². The third kappa shape index (κ3) is 2.70. The lowest BCUT2D eigenvalue weighted by Gasteiger charge is -2.35. The zero-order valence-electron chi connectivity index (χ0n) is 12.7. The average Bonchev–Trinajstić information content (AvgIpc) is 2.99. The number of rotatable bonds is 2. The summed E-state index contributed by atoms with van der Waals surface area (Å²) in [6, 6.07) is 2.21. The Hall–Kier alpha value is -1.60. The number of likely N-dealkylation sites (tertiary alicyclic amines) is 1. The first-order chi connectivity index (χ1) is 10.7. The summed E-state index contributed by atoms with van der Waals surface area (Å²) in [6.07, 6.45) is 2.30. The Balaban J connectivity index is 1.36. The van der Waals surface area contributed by atoms with Gasteiger partial charge in [0.25, 0.3) is 0 Å². The molecule has 120 valence electrons. The third-order valence-electron chi connectivity index (χ3n) is 4.85. The molecule has 1 aromatic rings. The van der Waals surface area contributed by atoms with E-state index in [1.165, 1.54) is 5.69 Å². The molecule has 4 heterocycles. The number of nitrogens with one attached hydrogen (secondary N) is 1. The molecule has 0 aliphatic carbocycles. The second kappa shape index (κ2) is 5.55. The number of fused-ring (bicyclic) bond motifs is 1. The predicted octanol–water partition coefficient (Wildman–Crippen LogP) is 0.878. The van der Waals surface area contributed by atoms with Crippen molar-refractivity contribution in [2.75, 3.05) is 26.2 Å². The van der Waals surface area contributed by atoms with E-state index in [0.29, 0.717) is 6.61 Å². The number of ether oxygens (including phenoxy) is 2. The van der Waals surface area contributed by atoms with E-state index in [4.69, 9.17) is 14.6 Å². The largest absolute Gasteiger partial charge is 0.509 e. The summed E-state index contributed by atoms with van der Waals surface area (Å²) in [6.45, 7) is 6.07. The number of cyclic esters (lactones) is 1. The number of hydrogen-bond acceptors (Lipinski definition) is 6. The maximum atomic E-state index is 11.2. The fraction of sp³-hybridized carbons (Fsp3) is 0.733. The van der Waals surface area contributed by atoms with Crippen LogP contribution in [0.4, 0.5) is 4.79 Å². The monoisotopic (exact) mass is 306 g/mol. The van der Waals surface area contributed by atoms with Crippen LogP contribution in [0.15, 0.2) is 6.07 Å². The summed E-state index contributed by atoms with van der Waals surface area (Å²) in [5.41, 5.74) is 2.04. The molecule has 0 radical (unpaired) electrons. The number of aromatic nitrogens is 2. The highest BCUT2D eigenvalue weighted by molar-refractivity contribution is 5.62. The highest BCUT2D eigenvalue weighted by atomic mass is 16.8. The quantitative estimate of drug-likeness (QED) is 0.818. The van der Waals surface area contributed by atoms with Crippen LogP contribution in [-0.2, 0) is 29.1 Å². The first kappa shape index (κ1) is 14.0. The van der Waals surface area contributed by atoms with Crippen LogP contribution in [0.1, 0.15) is 30.7 Å². The van der Waals surface area contributed by atoms with Crippen molar-refractivity contribution in [1.82, 2.24) is 20.0 Å². The number of carbonyl (C=O) groups is 1. The molecule has 1 spiro atoms. The molecule has 0 bridgehead atoms. The van der Waals surface area contributed by atoms with Gasteiger partial charge in [-0.25, -0.2) is 4.79 Å². The van der Waals surface area contributed by atoms with Crippen molar-refractivity contribution in [3.63, 3.8) is 0 Å². The van der Waals surface area contributed by atoms with Gasteiger partial charge in [-0.05, 0) is 19.0 Å². The standard InChI is InChI=1S/C15H22N4O3/c20-14-21-11-15(22-14)2-6-18(7-3-15)10-12-8-13-9-16-4-1-5-19(13)17-12/h8,16H,1-7,9-11H2. The molecule has 0 amide bonds. The number of nitrogens with zero attached hydrogens (tertiary/aromatic N) is 3. The summed E-state index contributed by atoms with van der Waals surface area (Å²) < 4.78 is 12.4. The van der Waals surface area contributed by atoms with Gasteiger partial charge in [-0.2, -0.15) is 5.10 Å². The Kier molecular flexibility index (Phi) is 3.54. The smallest absolute Gasteiger partial charge is 0.430 e. The molecule has 1 N–H and O–H groups in total. The number of piperidine rings is 1. The molecule has 4 rings (SSSR count). The first-order valence-electron chi connectivity index (χ1n) is 8.07. The molecule has 0 unspecified atom stereocenters. The minimum atomic E-state index is -0.515. The normalized spacial score (nSPS) is 24.6. The van der Waals surface area contributed by atoms with Crippen LogP contribution in [0.3, 0.4) is 0 Å². The van der Waals surface area contributed by atoms with Crippen LogP contribution in [-0.4, -0.2) is 52.7 Å². The summed E-state index contributed by atoms with van der Waals surface area (Å²) >= 11 is 0. The van der Waals surface area contributed by atoms with Gasteiger partial charge in [-0.3, -0.25) is 9.58 Å². The van der Waals surface area contributed by atoms with Crippen molar-refractivity contribution in [3.05, 3.63) is 17.5 Å². The van der Waals surface area contributed by atoms with E-state index in [1.807, 2.05) is 0 Å². The molecule has 22 heavy (non-hydrogen) atoms. The molecule has 2 saturated heterocycles. The number of aryl methyl sites for hydroxylation is 1. The zero-order chi connectivity index (χ0) is 15.0. The summed E-state index contributed by atoms with van der Waals surface area (Å²) in [5, 5.41) is 8.15. The zero-order valence-corrected chi connectivity index (χ0v) is 12.7. The average molecular weight is 306 g/mol. The van der Waals surface area contributed by atoms with Crippen LogP contribution in [0.2, 0.25) is 0 Å². The second-order valence-corrected chi connectivity index (χ2v) is 6.48. The molecule has 0 aromatic carbocycles. The Labute approximate surface area is 129 Å². The molecule has 3 aliphatic heterocycles. The Bertz CT molecular complexity index is 540. The van der Waals surface area contributed by atoms with Gasteiger partial charge in [0.2, 0.25) is 0 Å². The SMILES string of the molecule is O=C1OCC2(CCN(Cc3cc4n(n3)CCCNC4)CC2)O1. The van der Waals surface area contributed by atoms with Crippen molar-refractivity contribution >= 4 is 6.16 Å². The second-order valence-electron chi connectivity index (χ2n) is 6.48. The van der Waals surface area contributed by atoms with Crippen LogP contribution >= 0.6 is 0 Å². The van der Waals surface area contributed by atoms with Gasteiger partial charge < -0.3 is 14.8 Å². The van der Waals surface area contributed by atoms with Gasteiger partial charge in [-0.1, -0.05) is 0 Å². The van der Waals surface area contributed by atoms with E-state index in [9.17, 15) is 4.79 Å². The lowest BCUT2D eigenvalue weighted by molar-refractivity contribution is -0.00194. The molecule has 1 aromatic heterocycles. The van der Waals surface area contributed by atoms with Crippen molar-refractivity contribution in [1.29, 1.82) is 0 Å². The molecule has 7 nitrogen and oxygen atoms in total. The van der Waals surface area contributed by atoms with Crippen molar-refractivity contribution in [2.24, 2.45) is 0 Å². The first-order valence-corrected chi connectivity index (χ1v) is 8.07. The van der Waals surface area contributed by atoms with Gasteiger partial charge in [0, 0.05) is 45.6 Å². The summed E-state index contributed by atoms with van der Waals surface area (Å²) in [5.74, 6) is 0. The summed E-state index contributed by atoms with van der Waals surface area (Å²) in [4.78, 5) is 13.5. The van der Waals surface area contributed by atoms with E-state index in [0.717, 1.165) is 64.2 Å². The van der Waals surface area contributed by atoms with E-state index in [1.54, 1.807) is 0 Å². The van der Waals surface area contributed by atoms with E-state index >= 15 is 0 Å². The topological polar surface area (TPSA) is 68.6 Å². The predicted molar refractivity (Wildman–Crippen MR) is 78.2 cm³/mol. The molecule has 2 fully saturated rings. The molecule has 0 atom stereocenters. The maximum Gasteiger partial charge on any atom is 0.509 e. The van der Waals surface area contributed by atoms with Gasteiger partial charge in [-0.15, -0.1) is 0 Å². The molecule has 0 saturated carbocycles. The molecule has 7 heteroatoms. The van der Waals surface area contributed by atoms with Gasteiger partial charge in [0.05, 0.1) is 11.4 Å². The van der Waals surface area contributed by atoms with Gasteiger partial charge in [0.1, 0.15) is 6.61 Å². The lowest BCUT2D eigenvalue weighted by atomic mass is 9.92. The fourth-order valence-corrected chi connectivity index (χ4v) is 3.52. The van der Waals surface area contributed by atoms with Crippen LogP contribution in [0.25, 0.3) is 0 Å². The minimum Gasteiger partial charge on any atom is -0.430 e. The Morgan fingerprint density at radius 1 is 1.32 bits per heavy atom. The van der Waals surface area contributed by atoms with E-state index in [-0.39, 0.29) is 5.60 Å². The maximum absolute atomic E-state index is 11.2. The lowest BCUT2D eigenvalue weighted by Crippen LogP contribution is -2.45. The van der Waals surface area contributed by atoms with Gasteiger partial charge in [0.15, 0.2) is 5.60 Å². The van der Waals surface area contributed by atoms with Crippen molar-refractivity contribution in [2.45, 2.75) is 44.5 Å².